The lowest BCUT2D eigenvalue weighted by molar-refractivity contribution is 0.232. The highest BCUT2D eigenvalue weighted by Crippen LogP contribution is 2.24. The Hall–Kier alpha value is -1.85. The molecule has 5 heteroatoms. The van der Waals surface area contributed by atoms with Gasteiger partial charge in [-0.1, -0.05) is 24.3 Å². The van der Waals surface area contributed by atoms with E-state index in [0.717, 1.165) is 25.7 Å². The molecule has 2 aromatic rings. The van der Waals surface area contributed by atoms with E-state index in [1.807, 2.05) is 0 Å². The van der Waals surface area contributed by atoms with Crippen molar-refractivity contribution in [2.24, 2.45) is 0 Å². The molecule has 1 aromatic heterocycles. The maximum atomic E-state index is 12.2. The molecule has 0 spiro atoms. The van der Waals surface area contributed by atoms with Crippen LogP contribution in [0.25, 0.3) is 0 Å². The summed E-state index contributed by atoms with van der Waals surface area (Å²) in [5.41, 5.74) is 4.11. The molecule has 3 rings (SSSR count). The van der Waals surface area contributed by atoms with Crippen molar-refractivity contribution < 1.29 is 4.79 Å². The summed E-state index contributed by atoms with van der Waals surface area (Å²) in [4.78, 5) is 14.4. The summed E-state index contributed by atoms with van der Waals surface area (Å²) in [7, 11) is 4.17. The Balaban J connectivity index is 1.44. The van der Waals surface area contributed by atoms with Gasteiger partial charge < -0.3 is 15.5 Å². The number of fused-ring (bicyclic) bond motifs is 1. The van der Waals surface area contributed by atoms with Crippen molar-refractivity contribution >= 4 is 17.4 Å². The fraction of sp³-hybridized carbons (Fsp3) is 0.450. The maximum Gasteiger partial charge on any atom is 0.315 e. The number of aryl methyl sites for hydroxylation is 1. The molecule has 0 aliphatic heterocycles. The number of hydrogen-bond acceptors (Lipinski definition) is 3. The van der Waals surface area contributed by atoms with Crippen LogP contribution in [0.4, 0.5) is 4.79 Å². The average molecular weight is 358 g/mol. The van der Waals surface area contributed by atoms with Gasteiger partial charge in [-0.3, -0.25) is 0 Å². The predicted octanol–water partition coefficient (Wildman–Crippen LogP) is 3.60. The quantitative estimate of drug-likeness (QED) is 0.830. The number of carbonyl (C=O) groups excluding carboxylic acids is 1. The third-order valence-corrected chi connectivity index (χ3v) is 5.64. The molecule has 0 unspecified atom stereocenters. The summed E-state index contributed by atoms with van der Waals surface area (Å²) in [5.74, 6) is 0. The van der Waals surface area contributed by atoms with Crippen LogP contribution in [-0.2, 0) is 12.8 Å². The summed E-state index contributed by atoms with van der Waals surface area (Å²) in [6.07, 6.45) is 3.89. The van der Waals surface area contributed by atoms with Crippen molar-refractivity contribution in [3.63, 3.8) is 0 Å². The van der Waals surface area contributed by atoms with Crippen LogP contribution < -0.4 is 10.6 Å². The Morgan fingerprint density at radius 1 is 1.28 bits per heavy atom. The van der Waals surface area contributed by atoms with Crippen LogP contribution >= 0.6 is 11.3 Å². The molecule has 0 fully saturated rings. The SMILES string of the molecule is CN(C)[C@@H](CCNC(=O)N[C@@H]1CCc2ccccc2C1)c1ccsc1. The van der Waals surface area contributed by atoms with Gasteiger partial charge in [-0.15, -0.1) is 0 Å². The van der Waals surface area contributed by atoms with E-state index in [0.29, 0.717) is 12.6 Å². The Kier molecular flexibility index (Phi) is 6.10. The van der Waals surface area contributed by atoms with E-state index in [9.17, 15) is 4.79 Å². The van der Waals surface area contributed by atoms with Crippen LogP contribution in [0.15, 0.2) is 41.1 Å². The van der Waals surface area contributed by atoms with Crippen molar-refractivity contribution in [2.45, 2.75) is 37.8 Å². The van der Waals surface area contributed by atoms with Crippen molar-refractivity contribution in [3.8, 4) is 0 Å². The third kappa shape index (κ3) is 4.83. The highest BCUT2D eigenvalue weighted by molar-refractivity contribution is 7.07. The van der Waals surface area contributed by atoms with Crippen LogP contribution in [0.1, 0.15) is 35.6 Å². The van der Waals surface area contributed by atoms with Gasteiger partial charge in [-0.25, -0.2) is 4.79 Å². The molecule has 0 bridgehead atoms. The van der Waals surface area contributed by atoms with E-state index in [2.05, 4.69) is 70.7 Å². The Labute approximate surface area is 154 Å². The molecule has 0 saturated heterocycles. The van der Waals surface area contributed by atoms with Gasteiger partial charge in [0.2, 0.25) is 0 Å². The molecule has 25 heavy (non-hydrogen) atoms. The second-order valence-electron chi connectivity index (χ2n) is 6.93. The molecule has 134 valence electrons. The summed E-state index contributed by atoms with van der Waals surface area (Å²) < 4.78 is 0. The van der Waals surface area contributed by atoms with Gasteiger partial charge >= 0.3 is 6.03 Å². The Bertz CT molecular complexity index is 684. The van der Waals surface area contributed by atoms with Crippen LogP contribution in [0.2, 0.25) is 0 Å². The lowest BCUT2D eigenvalue weighted by Crippen LogP contribution is -2.45. The predicted molar refractivity (Wildman–Crippen MR) is 104 cm³/mol. The molecule has 4 nitrogen and oxygen atoms in total. The zero-order valence-corrected chi connectivity index (χ0v) is 15.8. The first kappa shape index (κ1) is 18.0. The first-order valence-electron chi connectivity index (χ1n) is 8.93. The summed E-state index contributed by atoms with van der Waals surface area (Å²) >= 11 is 1.72. The van der Waals surface area contributed by atoms with Crippen LogP contribution in [0.3, 0.4) is 0 Å². The zero-order chi connectivity index (χ0) is 17.6. The number of nitrogens with one attached hydrogen (secondary N) is 2. The lowest BCUT2D eigenvalue weighted by atomic mass is 9.88. The van der Waals surface area contributed by atoms with Crippen molar-refractivity contribution in [2.75, 3.05) is 20.6 Å². The number of amides is 2. The standard InChI is InChI=1S/C20H27N3OS/c1-23(2)19(17-10-12-25-14-17)9-11-21-20(24)22-18-8-7-15-5-3-4-6-16(15)13-18/h3-6,10,12,14,18-19H,7-9,11,13H2,1-2H3,(H2,21,22,24)/t18-,19+/m1/s1. The minimum Gasteiger partial charge on any atom is -0.338 e. The molecule has 2 atom stereocenters. The Morgan fingerprint density at radius 2 is 2.08 bits per heavy atom. The second-order valence-corrected chi connectivity index (χ2v) is 7.71. The highest BCUT2D eigenvalue weighted by atomic mass is 32.1. The molecule has 1 aromatic carbocycles. The molecule has 0 saturated carbocycles. The molecular formula is C20H27N3OS. The number of rotatable bonds is 6. The van der Waals surface area contributed by atoms with E-state index in [4.69, 9.17) is 0 Å². The molecule has 2 amide bonds. The van der Waals surface area contributed by atoms with E-state index in [1.165, 1.54) is 16.7 Å². The monoisotopic (exact) mass is 357 g/mol. The minimum atomic E-state index is -0.0489. The summed E-state index contributed by atoms with van der Waals surface area (Å²) in [6.45, 7) is 0.674. The first-order chi connectivity index (χ1) is 12.1. The average Bonchev–Trinajstić information content (AvgIpc) is 3.12. The van der Waals surface area contributed by atoms with Crippen molar-refractivity contribution in [1.82, 2.24) is 15.5 Å². The number of nitrogens with zero attached hydrogens (tertiary/aromatic N) is 1. The third-order valence-electron chi connectivity index (χ3n) is 4.94. The van der Waals surface area contributed by atoms with Gasteiger partial charge in [0.15, 0.2) is 0 Å². The summed E-state index contributed by atoms with van der Waals surface area (Å²) in [6, 6.07) is 11.2. The number of hydrogen-bond donors (Lipinski definition) is 2. The van der Waals surface area contributed by atoms with E-state index < -0.39 is 0 Å². The first-order valence-corrected chi connectivity index (χ1v) is 9.87. The lowest BCUT2D eigenvalue weighted by Gasteiger charge is -2.26. The maximum absolute atomic E-state index is 12.2. The van der Waals surface area contributed by atoms with Crippen LogP contribution in [0.5, 0.6) is 0 Å². The van der Waals surface area contributed by atoms with E-state index >= 15 is 0 Å². The largest absolute Gasteiger partial charge is 0.338 e. The topological polar surface area (TPSA) is 44.4 Å². The van der Waals surface area contributed by atoms with Gasteiger partial charge in [0.1, 0.15) is 0 Å². The fourth-order valence-corrected chi connectivity index (χ4v) is 4.27. The Morgan fingerprint density at radius 3 is 2.80 bits per heavy atom. The van der Waals surface area contributed by atoms with Crippen LogP contribution in [-0.4, -0.2) is 37.6 Å². The smallest absolute Gasteiger partial charge is 0.315 e. The summed E-state index contributed by atoms with van der Waals surface area (Å²) in [5, 5.41) is 10.5. The number of benzene rings is 1. The fourth-order valence-electron chi connectivity index (χ4n) is 3.57. The number of thiophene rings is 1. The van der Waals surface area contributed by atoms with Gasteiger partial charge in [0.05, 0.1) is 0 Å². The number of carbonyl (C=O) groups is 1. The van der Waals surface area contributed by atoms with Crippen molar-refractivity contribution in [1.29, 1.82) is 0 Å². The molecule has 1 aliphatic rings. The zero-order valence-electron chi connectivity index (χ0n) is 15.0. The molecule has 1 aliphatic carbocycles. The van der Waals surface area contributed by atoms with Crippen LogP contribution in [0, 0.1) is 0 Å². The van der Waals surface area contributed by atoms with Gasteiger partial charge in [0.25, 0.3) is 0 Å². The van der Waals surface area contributed by atoms with E-state index in [1.54, 1.807) is 11.3 Å². The normalized spacial score (nSPS) is 17.8. The van der Waals surface area contributed by atoms with Crippen molar-refractivity contribution in [3.05, 3.63) is 57.8 Å². The van der Waals surface area contributed by atoms with Gasteiger partial charge in [-0.2, -0.15) is 11.3 Å². The minimum absolute atomic E-state index is 0.0489. The molecule has 1 heterocycles. The van der Waals surface area contributed by atoms with E-state index in [-0.39, 0.29) is 12.1 Å². The second kappa shape index (κ2) is 8.50. The molecular weight excluding hydrogens is 330 g/mol. The molecule has 2 N–H and O–H groups in total. The van der Waals surface area contributed by atoms with Gasteiger partial charge in [0, 0.05) is 18.6 Å². The molecule has 0 radical (unpaired) electrons. The number of urea groups is 1. The van der Waals surface area contributed by atoms with Gasteiger partial charge in [-0.05, 0) is 73.3 Å². The highest BCUT2D eigenvalue weighted by Gasteiger charge is 2.20.